The number of ether oxygens (including phenoxy) is 2. The molecule has 0 radical (unpaired) electrons. The summed E-state index contributed by atoms with van der Waals surface area (Å²) in [6.07, 6.45) is 0.0472. The monoisotopic (exact) mass is 266 g/mol. The summed E-state index contributed by atoms with van der Waals surface area (Å²) < 4.78 is 10.7. The van der Waals surface area contributed by atoms with Crippen molar-refractivity contribution in [3.8, 4) is 6.07 Å². The largest absolute Gasteiger partial charge is 0.382 e. The number of hydrogen-bond acceptors (Lipinski definition) is 4. The maximum atomic E-state index is 9.15. The minimum atomic E-state index is 0.0472. The third-order valence-corrected chi connectivity index (χ3v) is 3.15. The summed E-state index contributed by atoms with van der Waals surface area (Å²) in [5.41, 5.74) is 1.51. The molecule has 1 aromatic carbocycles. The van der Waals surface area contributed by atoms with E-state index in [0.29, 0.717) is 23.8 Å². The molecular formula is C13H15ClN2O2. The third kappa shape index (κ3) is 2.94. The number of benzene rings is 1. The van der Waals surface area contributed by atoms with Gasteiger partial charge in [-0.25, -0.2) is 0 Å². The molecule has 0 aliphatic carbocycles. The number of methoxy groups -OCH3 is 1. The van der Waals surface area contributed by atoms with Crippen molar-refractivity contribution in [2.24, 2.45) is 0 Å². The Labute approximate surface area is 112 Å². The first-order chi connectivity index (χ1) is 8.74. The lowest BCUT2D eigenvalue weighted by Crippen LogP contribution is -2.44. The summed E-state index contributed by atoms with van der Waals surface area (Å²) in [6, 6.07) is 7.56. The molecule has 1 unspecified atom stereocenters. The molecule has 1 fully saturated rings. The lowest BCUT2D eigenvalue weighted by molar-refractivity contribution is -0.0100. The molecule has 0 amide bonds. The fourth-order valence-electron chi connectivity index (χ4n) is 2.10. The highest BCUT2D eigenvalue weighted by atomic mass is 35.5. The van der Waals surface area contributed by atoms with Crippen LogP contribution in [0.15, 0.2) is 18.2 Å². The first-order valence-corrected chi connectivity index (χ1v) is 6.17. The van der Waals surface area contributed by atoms with Gasteiger partial charge >= 0.3 is 0 Å². The topological polar surface area (TPSA) is 45.5 Å². The first kappa shape index (κ1) is 13.2. The van der Waals surface area contributed by atoms with Gasteiger partial charge < -0.3 is 14.4 Å². The predicted octanol–water partition coefficient (Wildman–Crippen LogP) is 2.06. The Morgan fingerprint density at radius 2 is 2.44 bits per heavy atom. The van der Waals surface area contributed by atoms with Crippen LogP contribution < -0.4 is 4.90 Å². The van der Waals surface area contributed by atoms with Crippen molar-refractivity contribution in [2.75, 3.05) is 38.3 Å². The molecule has 96 valence electrons. The molecule has 1 aliphatic rings. The molecule has 2 rings (SSSR count). The van der Waals surface area contributed by atoms with Crippen LogP contribution in [0.5, 0.6) is 0 Å². The Balaban J connectivity index is 2.18. The van der Waals surface area contributed by atoms with Crippen molar-refractivity contribution in [3.63, 3.8) is 0 Å². The van der Waals surface area contributed by atoms with Gasteiger partial charge in [0.05, 0.1) is 30.6 Å². The molecule has 5 heteroatoms. The number of nitrogens with zero attached hydrogens (tertiary/aromatic N) is 2. The molecule has 1 saturated heterocycles. The molecule has 0 bridgehead atoms. The highest BCUT2D eigenvalue weighted by Gasteiger charge is 2.22. The second-order valence-corrected chi connectivity index (χ2v) is 4.60. The number of morpholine rings is 1. The molecule has 1 aliphatic heterocycles. The third-order valence-electron chi connectivity index (χ3n) is 2.91. The summed E-state index contributed by atoms with van der Waals surface area (Å²) in [4.78, 5) is 2.14. The first-order valence-electron chi connectivity index (χ1n) is 5.79. The lowest BCUT2D eigenvalue weighted by Gasteiger charge is -2.34. The van der Waals surface area contributed by atoms with Crippen LogP contribution in [0, 0.1) is 11.3 Å². The van der Waals surface area contributed by atoms with Gasteiger partial charge in [-0.15, -0.1) is 0 Å². The van der Waals surface area contributed by atoms with Gasteiger partial charge in [-0.3, -0.25) is 0 Å². The highest BCUT2D eigenvalue weighted by Crippen LogP contribution is 2.25. The van der Waals surface area contributed by atoms with Gasteiger partial charge in [0.15, 0.2) is 0 Å². The summed E-state index contributed by atoms with van der Waals surface area (Å²) >= 11 is 5.90. The summed E-state index contributed by atoms with van der Waals surface area (Å²) in [7, 11) is 1.66. The van der Waals surface area contributed by atoms with E-state index in [-0.39, 0.29) is 6.10 Å². The molecule has 18 heavy (non-hydrogen) atoms. The van der Waals surface area contributed by atoms with Gasteiger partial charge in [-0.2, -0.15) is 5.26 Å². The second kappa shape index (κ2) is 6.05. The van der Waals surface area contributed by atoms with E-state index >= 15 is 0 Å². The molecule has 0 spiro atoms. The van der Waals surface area contributed by atoms with Crippen molar-refractivity contribution in [3.05, 3.63) is 28.8 Å². The van der Waals surface area contributed by atoms with Gasteiger partial charge in [-0.1, -0.05) is 11.6 Å². The van der Waals surface area contributed by atoms with Gasteiger partial charge in [0.1, 0.15) is 6.07 Å². The summed E-state index contributed by atoms with van der Waals surface area (Å²) in [6.45, 7) is 2.70. The molecule has 4 nitrogen and oxygen atoms in total. The zero-order valence-corrected chi connectivity index (χ0v) is 11.0. The Hall–Kier alpha value is -1.28. The highest BCUT2D eigenvalue weighted by molar-refractivity contribution is 6.30. The minimum absolute atomic E-state index is 0.0472. The zero-order valence-electron chi connectivity index (χ0n) is 10.2. The number of nitriles is 1. The summed E-state index contributed by atoms with van der Waals surface area (Å²) in [5.74, 6) is 0. The van der Waals surface area contributed by atoms with Crippen molar-refractivity contribution in [1.29, 1.82) is 5.26 Å². The van der Waals surface area contributed by atoms with E-state index in [4.69, 9.17) is 26.3 Å². The van der Waals surface area contributed by atoms with Crippen LogP contribution in [0.25, 0.3) is 0 Å². The standard InChI is InChI=1S/C13H15ClN2O2/c1-17-9-12-8-16(4-5-18-12)13-3-2-11(14)6-10(13)7-15/h2-3,6,12H,4-5,8-9H2,1H3. The number of hydrogen-bond donors (Lipinski definition) is 0. The van der Waals surface area contributed by atoms with Crippen molar-refractivity contribution < 1.29 is 9.47 Å². The van der Waals surface area contributed by atoms with E-state index in [1.165, 1.54) is 0 Å². The van der Waals surface area contributed by atoms with E-state index < -0.39 is 0 Å². The van der Waals surface area contributed by atoms with Crippen molar-refractivity contribution >= 4 is 17.3 Å². The molecule has 0 saturated carbocycles. The fourth-order valence-corrected chi connectivity index (χ4v) is 2.27. The maximum absolute atomic E-state index is 9.15. The van der Waals surface area contributed by atoms with Crippen LogP contribution in [0.1, 0.15) is 5.56 Å². The van der Waals surface area contributed by atoms with E-state index in [1.807, 2.05) is 6.07 Å². The molecular weight excluding hydrogens is 252 g/mol. The average molecular weight is 267 g/mol. The van der Waals surface area contributed by atoms with Crippen molar-refractivity contribution in [1.82, 2.24) is 0 Å². The molecule has 1 aromatic rings. The molecule has 1 heterocycles. The van der Waals surface area contributed by atoms with Gasteiger partial charge in [-0.05, 0) is 18.2 Å². The number of anilines is 1. The Morgan fingerprint density at radius 3 is 3.17 bits per heavy atom. The zero-order chi connectivity index (χ0) is 13.0. The Bertz CT molecular complexity index is 457. The SMILES string of the molecule is COCC1CN(c2ccc(Cl)cc2C#N)CCO1. The Morgan fingerprint density at radius 1 is 1.61 bits per heavy atom. The molecule has 0 aromatic heterocycles. The molecule has 1 atom stereocenters. The summed E-state index contributed by atoms with van der Waals surface area (Å²) in [5, 5.41) is 9.73. The average Bonchev–Trinajstić information content (AvgIpc) is 2.39. The lowest BCUT2D eigenvalue weighted by atomic mass is 10.1. The van der Waals surface area contributed by atoms with Crippen molar-refractivity contribution in [2.45, 2.75) is 6.10 Å². The number of rotatable bonds is 3. The van der Waals surface area contributed by atoms with Gasteiger partial charge in [0.25, 0.3) is 0 Å². The smallest absolute Gasteiger partial charge is 0.101 e. The van der Waals surface area contributed by atoms with Crippen LogP contribution in [-0.4, -0.2) is 39.5 Å². The van der Waals surface area contributed by atoms with E-state index in [9.17, 15) is 0 Å². The number of halogens is 1. The minimum Gasteiger partial charge on any atom is -0.382 e. The fraction of sp³-hybridized carbons (Fsp3) is 0.462. The van der Waals surface area contributed by atoms with Gasteiger partial charge in [0.2, 0.25) is 0 Å². The second-order valence-electron chi connectivity index (χ2n) is 4.17. The maximum Gasteiger partial charge on any atom is 0.101 e. The normalized spacial score (nSPS) is 19.6. The van der Waals surface area contributed by atoms with Crippen LogP contribution in [0.3, 0.4) is 0 Å². The van der Waals surface area contributed by atoms with Crippen LogP contribution >= 0.6 is 11.6 Å². The quantitative estimate of drug-likeness (QED) is 0.840. The van der Waals surface area contributed by atoms with Crippen LogP contribution in [0.4, 0.5) is 5.69 Å². The molecule has 0 N–H and O–H groups in total. The van der Waals surface area contributed by atoms with E-state index in [1.54, 1.807) is 19.2 Å². The van der Waals surface area contributed by atoms with Crippen LogP contribution in [-0.2, 0) is 9.47 Å². The predicted molar refractivity (Wildman–Crippen MR) is 70.0 cm³/mol. The van der Waals surface area contributed by atoms with Gasteiger partial charge in [0, 0.05) is 25.2 Å². The van der Waals surface area contributed by atoms with E-state index in [2.05, 4.69) is 11.0 Å². The van der Waals surface area contributed by atoms with Crippen LogP contribution in [0.2, 0.25) is 5.02 Å². The Kier molecular flexibility index (Phi) is 4.43. The van der Waals surface area contributed by atoms with E-state index in [0.717, 1.165) is 18.8 Å².